The van der Waals surface area contributed by atoms with Crippen LogP contribution >= 0.6 is 0 Å². The second-order valence-electron chi connectivity index (χ2n) is 5.28. The molecule has 0 radical (unpaired) electrons. The van der Waals surface area contributed by atoms with Gasteiger partial charge in [-0.1, -0.05) is 24.3 Å². The summed E-state index contributed by atoms with van der Waals surface area (Å²) >= 11 is 0. The highest BCUT2D eigenvalue weighted by atomic mass is 16.5. The SMILES string of the molecule is NCC1c2ccccc2CCN1C1CCOCC1. The third kappa shape index (κ3) is 2.18. The van der Waals surface area contributed by atoms with Gasteiger partial charge in [-0.05, 0) is 30.4 Å². The molecule has 2 N–H and O–H groups in total. The molecule has 1 aromatic carbocycles. The van der Waals surface area contributed by atoms with Crippen LogP contribution in [0.25, 0.3) is 0 Å². The fraction of sp³-hybridized carbons (Fsp3) is 0.600. The molecule has 1 atom stereocenters. The Morgan fingerprint density at radius 1 is 1.22 bits per heavy atom. The van der Waals surface area contributed by atoms with Crippen LogP contribution in [0.4, 0.5) is 0 Å². The van der Waals surface area contributed by atoms with Crippen molar-refractivity contribution in [3.05, 3.63) is 35.4 Å². The topological polar surface area (TPSA) is 38.5 Å². The summed E-state index contributed by atoms with van der Waals surface area (Å²) in [5.74, 6) is 0. The molecule has 1 fully saturated rings. The zero-order valence-electron chi connectivity index (χ0n) is 10.8. The summed E-state index contributed by atoms with van der Waals surface area (Å²) in [5, 5.41) is 0. The normalized spacial score (nSPS) is 25.9. The van der Waals surface area contributed by atoms with Gasteiger partial charge in [0.05, 0.1) is 0 Å². The van der Waals surface area contributed by atoms with Crippen molar-refractivity contribution >= 4 is 0 Å². The van der Waals surface area contributed by atoms with Gasteiger partial charge in [-0.3, -0.25) is 4.90 Å². The Hall–Kier alpha value is -0.900. The highest BCUT2D eigenvalue weighted by Crippen LogP contribution is 2.32. The number of benzene rings is 1. The maximum atomic E-state index is 6.04. The maximum absolute atomic E-state index is 6.04. The van der Waals surface area contributed by atoms with Gasteiger partial charge in [-0.25, -0.2) is 0 Å². The van der Waals surface area contributed by atoms with Crippen molar-refractivity contribution in [1.29, 1.82) is 0 Å². The summed E-state index contributed by atoms with van der Waals surface area (Å²) in [5.41, 5.74) is 8.97. The third-order valence-corrected chi connectivity index (χ3v) is 4.34. The fourth-order valence-electron chi connectivity index (χ4n) is 3.39. The Bertz CT molecular complexity index is 401. The lowest BCUT2D eigenvalue weighted by atomic mass is 9.90. The molecule has 98 valence electrons. The summed E-state index contributed by atoms with van der Waals surface area (Å²) in [6.07, 6.45) is 3.46. The molecule has 0 amide bonds. The van der Waals surface area contributed by atoms with Crippen molar-refractivity contribution in [2.24, 2.45) is 5.73 Å². The van der Waals surface area contributed by atoms with E-state index in [2.05, 4.69) is 29.2 Å². The molecular formula is C15H22N2O. The van der Waals surface area contributed by atoms with E-state index in [0.29, 0.717) is 18.6 Å². The van der Waals surface area contributed by atoms with Gasteiger partial charge in [0.2, 0.25) is 0 Å². The van der Waals surface area contributed by atoms with Crippen LogP contribution < -0.4 is 5.73 Å². The zero-order valence-corrected chi connectivity index (χ0v) is 10.8. The van der Waals surface area contributed by atoms with Crippen LogP contribution in [0.15, 0.2) is 24.3 Å². The van der Waals surface area contributed by atoms with Gasteiger partial charge in [0, 0.05) is 38.4 Å². The third-order valence-electron chi connectivity index (χ3n) is 4.34. The highest BCUT2D eigenvalue weighted by Gasteiger charge is 2.31. The second-order valence-corrected chi connectivity index (χ2v) is 5.28. The van der Waals surface area contributed by atoms with Crippen molar-refractivity contribution in [3.63, 3.8) is 0 Å². The van der Waals surface area contributed by atoms with Crippen LogP contribution in [0.2, 0.25) is 0 Å². The maximum Gasteiger partial charge on any atom is 0.0480 e. The van der Waals surface area contributed by atoms with Crippen LogP contribution in [0.3, 0.4) is 0 Å². The average molecular weight is 246 g/mol. The molecule has 1 aromatic rings. The Kier molecular flexibility index (Phi) is 3.64. The first-order chi connectivity index (χ1) is 8.90. The average Bonchev–Trinajstić information content (AvgIpc) is 2.47. The second kappa shape index (κ2) is 5.39. The lowest BCUT2D eigenvalue weighted by Gasteiger charge is -2.43. The molecule has 2 aliphatic heterocycles. The number of hydrogen-bond acceptors (Lipinski definition) is 3. The Balaban J connectivity index is 1.84. The number of nitrogens with zero attached hydrogens (tertiary/aromatic N) is 1. The molecule has 18 heavy (non-hydrogen) atoms. The molecule has 3 rings (SSSR count). The monoisotopic (exact) mass is 246 g/mol. The van der Waals surface area contributed by atoms with Crippen LogP contribution in [-0.2, 0) is 11.2 Å². The molecule has 1 unspecified atom stereocenters. The lowest BCUT2D eigenvalue weighted by molar-refractivity contribution is 0.0146. The summed E-state index contributed by atoms with van der Waals surface area (Å²) in [6.45, 7) is 3.66. The van der Waals surface area contributed by atoms with Crippen molar-refractivity contribution in [1.82, 2.24) is 4.90 Å². The first-order valence-corrected chi connectivity index (χ1v) is 7.01. The van der Waals surface area contributed by atoms with E-state index < -0.39 is 0 Å². The van der Waals surface area contributed by atoms with E-state index in [1.54, 1.807) is 0 Å². The van der Waals surface area contributed by atoms with E-state index in [-0.39, 0.29) is 0 Å². The minimum Gasteiger partial charge on any atom is -0.381 e. The molecule has 0 saturated carbocycles. The lowest BCUT2D eigenvalue weighted by Crippen LogP contribution is -2.47. The standard InChI is InChI=1S/C15H22N2O/c16-11-15-14-4-2-1-3-12(14)5-8-17(15)13-6-9-18-10-7-13/h1-4,13,15H,5-11,16H2. The van der Waals surface area contributed by atoms with E-state index in [9.17, 15) is 0 Å². The predicted molar refractivity (Wildman–Crippen MR) is 72.5 cm³/mol. The van der Waals surface area contributed by atoms with Crippen molar-refractivity contribution in [2.45, 2.75) is 31.3 Å². The molecule has 3 nitrogen and oxygen atoms in total. The van der Waals surface area contributed by atoms with Crippen LogP contribution in [0, 0.1) is 0 Å². The Morgan fingerprint density at radius 3 is 2.78 bits per heavy atom. The quantitative estimate of drug-likeness (QED) is 0.863. The van der Waals surface area contributed by atoms with Crippen molar-refractivity contribution in [2.75, 3.05) is 26.3 Å². The Morgan fingerprint density at radius 2 is 2.00 bits per heavy atom. The van der Waals surface area contributed by atoms with Gasteiger partial charge in [0.1, 0.15) is 0 Å². The van der Waals surface area contributed by atoms with Gasteiger partial charge in [-0.2, -0.15) is 0 Å². The van der Waals surface area contributed by atoms with Crippen LogP contribution in [0.5, 0.6) is 0 Å². The van der Waals surface area contributed by atoms with Gasteiger partial charge in [0.25, 0.3) is 0 Å². The first-order valence-electron chi connectivity index (χ1n) is 7.01. The van der Waals surface area contributed by atoms with E-state index >= 15 is 0 Å². The number of rotatable bonds is 2. The number of fused-ring (bicyclic) bond motifs is 1. The Labute approximate surface area is 109 Å². The van der Waals surface area contributed by atoms with Crippen LogP contribution in [-0.4, -0.2) is 37.2 Å². The molecule has 2 aliphatic rings. The molecule has 3 heteroatoms. The van der Waals surface area contributed by atoms with E-state index in [4.69, 9.17) is 10.5 Å². The predicted octanol–water partition coefficient (Wildman–Crippen LogP) is 1.72. The van der Waals surface area contributed by atoms with E-state index in [0.717, 1.165) is 39.0 Å². The van der Waals surface area contributed by atoms with Crippen molar-refractivity contribution < 1.29 is 4.74 Å². The highest BCUT2D eigenvalue weighted by molar-refractivity contribution is 5.33. The number of nitrogens with two attached hydrogens (primary N) is 1. The van der Waals surface area contributed by atoms with Gasteiger partial charge >= 0.3 is 0 Å². The van der Waals surface area contributed by atoms with Crippen molar-refractivity contribution in [3.8, 4) is 0 Å². The summed E-state index contributed by atoms with van der Waals surface area (Å²) in [4.78, 5) is 2.62. The number of ether oxygens (including phenoxy) is 1. The summed E-state index contributed by atoms with van der Waals surface area (Å²) < 4.78 is 5.47. The van der Waals surface area contributed by atoms with E-state index in [1.807, 2.05) is 0 Å². The molecule has 0 aromatic heterocycles. The van der Waals surface area contributed by atoms with Gasteiger partial charge in [-0.15, -0.1) is 0 Å². The number of hydrogen-bond donors (Lipinski definition) is 1. The van der Waals surface area contributed by atoms with Crippen LogP contribution in [0.1, 0.15) is 30.0 Å². The summed E-state index contributed by atoms with van der Waals surface area (Å²) in [7, 11) is 0. The largest absolute Gasteiger partial charge is 0.381 e. The smallest absolute Gasteiger partial charge is 0.0480 e. The molecule has 0 aliphatic carbocycles. The minimum atomic E-state index is 0.401. The van der Waals surface area contributed by atoms with Gasteiger partial charge in [0.15, 0.2) is 0 Å². The fourth-order valence-corrected chi connectivity index (χ4v) is 3.39. The molecule has 0 bridgehead atoms. The molecule has 1 saturated heterocycles. The summed E-state index contributed by atoms with van der Waals surface area (Å²) in [6, 6.07) is 9.82. The van der Waals surface area contributed by atoms with Gasteiger partial charge < -0.3 is 10.5 Å². The first kappa shape index (κ1) is 12.2. The molecular weight excluding hydrogens is 224 g/mol. The molecule has 2 heterocycles. The zero-order chi connectivity index (χ0) is 12.4. The van der Waals surface area contributed by atoms with E-state index in [1.165, 1.54) is 11.1 Å². The molecule has 0 spiro atoms. The minimum absolute atomic E-state index is 0.401.